The molecule has 1 aliphatic carbocycles. The molecule has 2 aliphatic rings. The van der Waals surface area contributed by atoms with Gasteiger partial charge >= 0.3 is 5.97 Å². The molecule has 0 aromatic carbocycles. The first-order chi connectivity index (χ1) is 10.5. The van der Waals surface area contributed by atoms with Crippen molar-refractivity contribution in [3.63, 3.8) is 0 Å². The first kappa shape index (κ1) is 15.4. The molecule has 3 rings (SSSR count). The fraction of sp³-hybridized carbons (Fsp3) is 0.692. The number of methoxy groups -OCH3 is 1. The summed E-state index contributed by atoms with van der Waals surface area (Å²) in [6.07, 6.45) is 5.28. The molecule has 0 spiro atoms. The van der Waals surface area contributed by atoms with Crippen LogP contribution in [0.4, 0.5) is 0 Å². The number of aromatic nitrogens is 2. The molecule has 0 radical (unpaired) electrons. The molecule has 122 valence electrons. The lowest BCUT2D eigenvalue weighted by Gasteiger charge is -2.31. The van der Waals surface area contributed by atoms with Crippen LogP contribution in [-0.4, -0.2) is 53.4 Å². The maximum absolute atomic E-state index is 12.9. The second-order valence-electron chi connectivity index (χ2n) is 5.74. The number of H-pyrrole nitrogens is 1. The smallest absolute Gasteiger partial charge is 0.328 e. The highest BCUT2D eigenvalue weighted by Crippen LogP contribution is 2.37. The van der Waals surface area contributed by atoms with Crippen LogP contribution in [0.25, 0.3) is 0 Å². The van der Waals surface area contributed by atoms with E-state index in [1.165, 1.54) is 21.9 Å². The van der Waals surface area contributed by atoms with Crippen molar-refractivity contribution in [1.29, 1.82) is 0 Å². The van der Waals surface area contributed by atoms with Crippen LogP contribution in [-0.2, 0) is 26.3 Å². The molecule has 1 aromatic heterocycles. The fourth-order valence-corrected chi connectivity index (χ4v) is 4.96. The van der Waals surface area contributed by atoms with Crippen LogP contribution in [0.15, 0.2) is 6.20 Å². The van der Waals surface area contributed by atoms with E-state index in [1.807, 2.05) is 0 Å². The Labute approximate surface area is 129 Å². The number of hydrogen-bond acceptors (Lipinski definition) is 5. The van der Waals surface area contributed by atoms with Crippen LogP contribution in [0.2, 0.25) is 0 Å². The molecule has 22 heavy (non-hydrogen) atoms. The minimum Gasteiger partial charge on any atom is -0.468 e. The van der Waals surface area contributed by atoms with Gasteiger partial charge in [0.2, 0.25) is 0 Å². The molecule has 0 amide bonds. The van der Waals surface area contributed by atoms with Gasteiger partial charge in [0.25, 0.3) is 10.2 Å². The molecule has 0 saturated heterocycles. The molecule has 1 atom stereocenters. The van der Waals surface area contributed by atoms with Gasteiger partial charge in [0.15, 0.2) is 6.04 Å². The van der Waals surface area contributed by atoms with Gasteiger partial charge in [-0.3, -0.25) is 5.10 Å². The average Bonchev–Trinajstić information content (AvgIpc) is 3.20. The van der Waals surface area contributed by atoms with Crippen molar-refractivity contribution in [3.05, 3.63) is 17.5 Å². The van der Waals surface area contributed by atoms with Crippen molar-refractivity contribution in [2.45, 2.75) is 44.3 Å². The number of carbonyl (C=O) groups excluding carboxylic acids is 1. The van der Waals surface area contributed by atoms with Crippen LogP contribution in [0.5, 0.6) is 0 Å². The van der Waals surface area contributed by atoms with E-state index in [-0.39, 0.29) is 12.6 Å². The number of nitrogens with zero attached hydrogens (tertiary/aromatic N) is 3. The van der Waals surface area contributed by atoms with Crippen molar-refractivity contribution in [2.75, 3.05) is 14.2 Å². The first-order valence-electron chi connectivity index (χ1n) is 7.31. The first-order valence-corrected chi connectivity index (χ1v) is 8.71. The third kappa shape index (κ3) is 2.33. The monoisotopic (exact) mass is 328 g/mol. The highest BCUT2D eigenvalue weighted by Gasteiger charge is 2.47. The molecule has 1 N–H and O–H groups in total. The zero-order valence-corrected chi connectivity index (χ0v) is 13.5. The minimum atomic E-state index is -3.75. The molecule has 1 saturated carbocycles. The molecule has 2 heterocycles. The van der Waals surface area contributed by atoms with Gasteiger partial charge in [0.05, 0.1) is 25.5 Å². The Hall–Kier alpha value is -1.45. The summed E-state index contributed by atoms with van der Waals surface area (Å²) in [5.74, 6) is -0.594. The lowest BCUT2D eigenvalue weighted by molar-refractivity contribution is -0.145. The van der Waals surface area contributed by atoms with Gasteiger partial charge in [-0.05, 0) is 12.8 Å². The molecule has 9 heteroatoms. The molecule has 1 aliphatic heterocycles. The van der Waals surface area contributed by atoms with Crippen LogP contribution in [0, 0.1) is 0 Å². The predicted octanol–water partition coefficient (Wildman–Crippen LogP) is 0.559. The summed E-state index contributed by atoms with van der Waals surface area (Å²) in [5.41, 5.74) is 1.20. The second-order valence-corrected chi connectivity index (χ2v) is 7.68. The topological polar surface area (TPSA) is 95.6 Å². The quantitative estimate of drug-likeness (QED) is 0.815. The normalized spacial score (nSPS) is 23.1. The van der Waals surface area contributed by atoms with E-state index in [4.69, 9.17) is 4.74 Å². The van der Waals surface area contributed by atoms with E-state index in [9.17, 15) is 13.2 Å². The Morgan fingerprint density at radius 2 is 2.14 bits per heavy atom. The number of nitrogens with one attached hydrogen (secondary N) is 1. The van der Waals surface area contributed by atoms with Crippen molar-refractivity contribution in [2.24, 2.45) is 0 Å². The SMILES string of the molecule is COC(=O)C1c2cn[nH]c2CN1S(=O)(=O)N(C)C1CCCC1. The Bertz CT molecular complexity index is 665. The standard InChI is InChI=1S/C13H20N4O4S/c1-16(9-5-3-4-6-9)22(19,20)17-8-11-10(7-14-15-11)12(17)13(18)21-2/h7,9,12H,3-6,8H2,1-2H3,(H,14,15). The summed E-state index contributed by atoms with van der Waals surface area (Å²) in [7, 11) is -0.902. The van der Waals surface area contributed by atoms with Gasteiger partial charge in [-0.1, -0.05) is 12.8 Å². The molecular formula is C13H20N4O4S. The third-order valence-electron chi connectivity index (χ3n) is 4.57. The van der Waals surface area contributed by atoms with Crippen molar-refractivity contribution in [1.82, 2.24) is 18.8 Å². The number of esters is 1. The lowest BCUT2D eigenvalue weighted by Crippen LogP contribution is -2.46. The van der Waals surface area contributed by atoms with Crippen LogP contribution in [0.3, 0.4) is 0 Å². The van der Waals surface area contributed by atoms with Gasteiger partial charge in [-0.15, -0.1) is 0 Å². The number of ether oxygens (including phenoxy) is 1. The summed E-state index contributed by atoms with van der Waals surface area (Å²) in [4.78, 5) is 12.1. The lowest BCUT2D eigenvalue weighted by atomic mass is 10.2. The van der Waals surface area contributed by atoms with Crippen LogP contribution in [0.1, 0.15) is 43.0 Å². The summed E-state index contributed by atoms with van der Waals surface area (Å²) >= 11 is 0. The zero-order chi connectivity index (χ0) is 15.9. The Morgan fingerprint density at radius 3 is 2.77 bits per heavy atom. The molecule has 1 unspecified atom stereocenters. The average molecular weight is 328 g/mol. The maximum Gasteiger partial charge on any atom is 0.328 e. The summed E-state index contributed by atoms with van der Waals surface area (Å²) in [6.45, 7) is 0.106. The van der Waals surface area contributed by atoms with Crippen LogP contribution < -0.4 is 0 Å². The molecular weight excluding hydrogens is 308 g/mol. The Morgan fingerprint density at radius 1 is 1.45 bits per heavy atom. The van der Waals surface area contributed by atoms with Gasteiger partial charge < -0.3 is 4.74 Å². The van der Waals surface area contributed by atoms with E-state index >= 15 is 0 Å². The minimum absolute atomic E-state index is 0.000337. The van der Waals surface area contributed by atoms with E-state index in [0.717, 1.165) is 25.7 Å². The third-order valence-corrected chi connectivity index (χ3v) is 6.53. The molecule has 0 bridgehead atoms. The van der Waals surface area contributed by atoms with E-state index in [1.54, 1.807) is 7.05 Å². The number of fused-ring (bicyclic) bond motifs is 1. The zero-order valence-electron chi connectivity index (χ0n) is 12.7. The van der Waals surface area contributed by atoms with Gasteiger partial charge in [-0.25, -0.2) is 4.79 Å². The van der Waals surface area contributed by atoms with Crippen molar-refractivity contribution in [3.8, 4) is 0 Å². The van der Waals surface area contributed by atoms with E-state index in [2.05, 4.69) is 10.2 Å². The summed E-state index contributed by atoms with van der Waals surface area (Å²) in [5, 5.41) is 6.64. The van der Waals surface area contributed by atoms with E-state index in [0.29, 0.717) is 11.3 Å². The van der Waals surface area contributed by atoms with Gasteiger partial charge in [0, 0.05) is 18.7 Å². The van der Waals surface area contributed by atoms with Crippen molar-refractivity contribution < 1.29 is 17.9 Å². The van der Waals surface area contributed by atoms with Crippen LogP contribution >= 0.6 is 0 Å². The summed E-state index contributed by atoms with van der Waals surface area (Å²) in [6, 6.07) is -0.965. The largest absolute Gasteiger partial charge is 0.468 e. The number of rotatable bonds is 4. The highest BCUT2D eigenvalue weighted by molar-refractivity contribution is 7.86. The number of carbonyl (C=O) groups is 1. The van der Waals surface area contributed by atoms with E-state index < -0.39 is 22.2 Å². The van der Waals surface area contributed by atoms with Gasteiger partial charge in [0.1, 0.15) is 0 Å². The molecule has 1 fully saturated rings. The molecule has 1 aromatic rings. The second kappa shape index (κ2) is 5.64. The summed E-state index contributed by atoms with van der Waals surface area (Å²) < 4.78 is 33.2. The Balaban J connectivity index is 1.92. The van der Waals surface area contributed by atoms with Gasteiger partial charge in [-0.2, -0.15) is 22.1 Å². The number of hydrogen-bond donors (Lipinski definition) is 1. The highest BCUT2D eigenvalue weighted by atomic mass is 32.2. The maximum atomic E-state index is 12.9. The van der Waals surface area contributed by atoms with Crippen molar-refractivity contribution >= 4 is 16.2 Å². The number of aromatic amines is 1. The molecule has 8 nitrogen and oxygen atoms in total. The Kier molecular flexibility index (Phi) is 3.96. The fourth-order valence-electron chi connectivity index (χ4n) is 3.28. The predicted molar refractivity (Wildman–Crippen MR) is 77.8 cm³/mol.